The summed E-state index contributed by atoms with van der Waals surface area (Å²) in [5.74, 6) is 0.786. The van der Waals surface area contributed by atoms with Crippen molar-refractivity contribution in [3.8, 4) is 11.4 Å². The fourth-order valence-corrected chi connectivity index (χ4v) is 3.05. The van der Waals surface area contributed by atoms with Crippen molar-refractivity contribution in [2.24, 2.45) is 0 Å². The highest BCUT2D eigenvalue weighted by atomic mass is 79.9. The number of hydrogen-bond donors (Lipinski definition) is 1. The van der Waals surface area contributed by atoms with Crippen LogP contribution < -0.4 is 4.74 Å². The molecule has 1 N–H and O–H groups in total. The predicted octanol–water partition coefficient (Wildman–Crippen LogP) is 4.77. The van der Waals surface area contributed by atoms with Crippen LogP contribution in [-0.2, 0) is 0 Å². The minimum Gasteiger partial charge on any atom is -0.495 e. The van der Waals surface area contributed by atoms with Crippen molar-refractivity contribution in [2.75, 3.05) is 7.11 Å². The van der Waals surface area contributed by atoms with Crippen molar-refractivity contribution in [1.82, 2.24) is 9.55 Å². The second-order valence-electron chi connectivity index (χ2n) is 4.55. The van der Waals surface area contributed by atoms with Gasteiger partial charge in [-0.1, -0.05) is 28.1 Å². The Morgan fingerprint density at radius 3 is 2.80 bits per heavy atom. The molecular weight excluding hydrogens is 336 g/mol. The molecule has 0 radical (unpaired) electrons. The number of H-pyrrole nitrogens is 1. The summed E-state index contributed by atoms with van der Waals surface area (Å²) in [5.41, 5.74) is 4.19. The average molecular weight is 349 g/mol. The number of aryl methyl sites for hydroxylation is 1. The fraction of sp³-hybridized carbons (Fsp3) is 0.133. The minimum absolute atomic E-state index is 0.658. The Labute approximate surface area is 130 Å². The normalized spacial score (nSPS) is 10.9. The van der Waals surface area contributed by atoms with Gasteiger partial charge in [0.15, 0.2) is 4.77 Å². The topological polar surface area (TPSA) is 29.9 Å². The highest BCUT2D eigenvalue weighted by Gasteiger charge is 2.13. The van der Waals surface area contributed by atoms with Crippen LogP contribution >= 0.6 is 28.1 Å². The molecule has 3 rings (SSSR count). The number of ether oxygens (including phenoxy) is 1. The molecule has 0 spiro atoms. The summed E-state index contributed by atoms with van der Waals surface area (Å²) < 4.78 is 9.13. The third-order valence-electron chi connectivity index (χ3n) is 3.29. The van der Waals surface area contributed by atoms with Gasteiger partial charge in [0.2, 0.25) is 0 Å². The molecule has 5 heteroatoms. The molecule has 0 bridgehead atoms. The Kier molecular flexibility index (Phi) is 3.40. The number of aromatic nitrogens is 2. The Morgan fingerprint density at radius 1 is 1.25 bits per heavy atom. The number of nitrogens with zero attached hydrogens (tertiary/aromatic N) is 1. The highest BCUT2D eigenvalue weighted by molar-refractivity contribution is 9.10. The number of rotatable bonds is 2. The highest BCUT2D eigenvalue weighted by Crippen LogP contribution is 2.31. The van der Waals surface area contributed by atoms with Crippen LogP contribution in [0.15, 0.2) is 40.9 Å². The zero-order valence-corrected chi connectivity index (χ0v) is 13.5. The summed E-state index contributed by atoms with van der Waals surface area (Å²) in [4.78, 5) is 3.24. The molecule has 0 fully saturated rings. The van der Waals surface area contributed by atoms with E-state index in [0.29, 0.717) is 4.77 Å². The van der Waals surface area contributed by atoms with Gasteiger partial charge in [0.05, 0.1) is 23.8 Å². The lowest BCUT2D eigenvalue weighted by molar-refractivity contribution is 0.413. The van der Waals surface area contributed by atoms with Gasteiger partial charge in [-0.15, -0.1) is 0 Å². The van der Waals surface area contributed by atoms with E-state index in [4.69, 9.17) is 17.0 Å². The van der Waals surface area contributed by atoms with Gasteiger partial charge < -0.3 is 9.72 Å². The molecule has 3 nitrogen and oxygen atoms in total. The van der Waals surface area contributed by atoms with Crippen LogP contribution in [-0.4, -0.2) is 16.7 Å². The maximum absolute atomic E-state index is 5.48. The number of aromatic amines is 1. The van der Waals surface area contributed by atoms with Gasteiger partial charge in [-0.25, -0.2) is 0 Å². The number of hydrogen-bond acceptors (Lipinski definition) is 2. The molecule has 0 aliphatic carbocycles. The number of nitrogens with one attached hydrogen (secondary N) is 1. The maximum Gasteiger partial charge on any atom is 0.182 e. The van der Waals surface area contributed by atoms with E-state index < -0.39 is 0 Å². The van der Waals surface area contributed by atoms with E-state index in [-0.39, 0.29) is 0 Å². The SMILES string of the molecule is COc1ccc(Br)cc1-n1c(=S)[nH]c2cccc(C)c21. The Balaban J connectivity index is 2.44. The second-order valence-corrected chi connectivity index (χ2v) is 5.86. The second kappa shape index (κ2) is 5.07. The lowest BCUT2D eigenvalue weighted by Crippen LogP contribution is -1.99. The first-order valence-corrected chi connectivity index (χ1v) is 7.36. The molecule has 2 aromatic carbocycles. The molecule has 0 amide bonds. The first-order chi connectivity index (χ1) is 9.61. The van der Waals surface area contributed by atoms with Gasteiger partial charge in [0.25, 0.3) is 0 Å². The predicted molar refractivity (Wildman–Crippen MR) is 87.4 cm³/mol. The molecule has 20 heavy (non-hydrogen) atoms. The number of halogens is 1. The Bertz CT molecular complexity index is 851. The van der Waals surface area contributed by atoms with E-state index in [1.165, 1.54) is 0 Å². The number of benzene rings is 2. The monoisotopic (exact) mass is 348 g/mol. The zero-order chi connectivity index (χ0) is 14.3. The third kappa shape index (κ3) is 2.07. The first-order valence-electron chi connectivity index (χ1n) is 6.16. The van der Waals surface area contributed by atoms with Crippen LogP contribution in [0.3, 0.4) is 0 Å². The third-order valence-corrected chi connectivity index (χ3v) is 4.07. The molecule has 0 aliphatic heterocycles. The van der Waals surface area contributed by atoms with E-state index in [1.54, 1.807) is 7.11 Å². The smallest absolute Gasteiger partial charge is 0.182 e. The number of para-hydroxylation sites is 1. The summed E-state index contributed by atoms with van der Waals surface area (Å²) in [6.45, 7) is 2.08. The van der Waals surface area contributed by atoms with E-state index in [0.717, 1.165) is 32.5 Å². The lowest BCUT2D eigenvalue weighted by Gasteiger charge is -2.12. The minimum atomic E-state index is 0.658. The summed E-state index contributed by atoms with van der Waals surface area (Å²) in [5, 5.41) is 0. The maximum atomic E-state index is 5.48. The van der Waals surface area contributed by atoms with Gasteiger partial charge in [-0.2, -0.15) is 0 Å². The van der Waals surface area contributed by atoms with Crippen LogP contribution in [0, 0.1) is 11.7 Å². The summed E-state index contributed by atoms with van der Waals surface area (Å²) in [6.07, 6.45) is 0. The van der Waals surface area contributed by atoms with Crippen molar-refractivity contribution in [1.29, 1.82) is 0 Å². The number of imidazole rings is 1. The lowest BCUT2D eigenvalue weighted by atomic mass is 10.2. The zero-order valence-electron chi connectivity index (χ0n) is 11.1. The molecule has 3 aromatic rings. The van der Waals surface area contributed by atoms with Gasteiger partial charge in [0.1, 0.15) is 5.75 Å². The van der Waals surface area contributed by atoms with Crippen molar-refractivity contribution in [2.45, 2.75) is 6.92 Å². The summed E-state index contributed by atoms with van der Waals surface area (Å²) in [7, 11) is 1.66. The molecule has 1 aromatic heterocycles. The van der Waals surface area contributed by atoms with Crippen molar-refractivity contribution in [3.63, 3.8) is 0 Å². The van der Waals surface area contributed by atoms with Crippen LogP contribution in [0.1, 0.15) is 5.56 Å². The Morgan fingerprint density at radius 2 is 2.05 bits per heavy atom. The van der Waals surface area contributed by atoms with E-state index in [1.807, 2.05) is 34.9 Å². The summed E-state index contributed by atoms with van der Waals surface area (Å²) in [6, 6.07) is 12.0. The van der Waals surface area contributed by atoms with Gasteiger partial charge in [-0.3, -0.25) is 4.57 Å². The molecule has 0 unspecified atom stereocenters. The summed E-state index contributed by atoms with van der Waals surface area (Å²) >= 11 is 8.99. The van der Waals surface area contributed by atoms with Crippen LogP contribution in [0.2, 0.25) is 0 Å². The number of methoxy groups -OCH3 is 1. The van der Waals surface area contributed by atoms with Crippen LogP contribution in [0.4, 0.5) is 0 Å². The van der Waals surface area contributed by atoms with Crippen LogP contribution in [0.25, 0.3) is 16.7 Å². The number of fused-ring (bicyclic) bond motifs is 1. The van der Waals surface area contributed by atoms with Crippen molar-refractivity contribution >= 4 is 39.2 Å². The largest absolute Gasteiger partial charge is 0.495 e. The molecule has 1 heterocycles. The standard InChI is InChI=1S/C15H13BrN2OS/c1-9-4-3-5-11-14(9)18(15(20)17-11)12-8-10(16)6-7-13(12)19-2/h3-8H,1-2H3,(H,17,20). The average Bonchev–Trinajstić information content (AvgIpc) is 2.76. The van der Waals surface area contributed by atoms with E-state index >= 15 is 0 Å². The fourth-order valence-electron chi connectivity index (χ4n) is 2.40. The molecule has 102 valence electrons. The van der Waals surface area contributed by atoms with Gasteiger partial charge in [-0.05, 0) is 49.0 Å². The molecule has 0 atom stereocenters. The quantitative estimate of drug-likeness (QED) is 0.676. The first kappa shape index (κ1) is 13.4. The molecular formula is C15H13BrN2OS. The molecule has 0 saturated heterocycles. The van der Waals surface area contributed by atoms with Crippen molar-refractivity contribution in [3.05, 3.63) is 51.2 Å². The van der Waals surface area contributed by atoms with Gasteiger partial charge in [0, 0.05) is 4.47 Å². The Hall–Kier alpha value is -1.59. The van der Waals surface area contributed by atoms with Crippen molar-refractivity contribution < 1.29 is 4.74 Å². The van der Waals surface area contributed by atoms with E-state index in [9.17, 15) is 0 Å². The van der Waals surface area contributed by atoms with Crippen LogP contribution in [0.5, 0.6) is 5.75 Å². The van der Waals surface area contributed by atoms with E-state index in [2.05, 4.69) is 33.9 Å². The molecule has 0 saturated carbocycles. The molecule has 0 aliphatic rings. The van der Waals surface area contributed by atoms with Gasteiger partial charge >= 0.3 is 0 Å².